The molecule has 172 valence electrons. The summed E-state index contributed by atoms with van der Waals surface area (Å²) in [5, 5.41) is 0. The number of aryl methyl sites for hydroxylation is 1. The molecule has 2 rings (SSSR count). The van der Waals surface area contributed by atoms with E-state index in [-0.39, 0.29) is 5.78 Å². The standard InChI is InChI=1S/C12H17NO3S.C8H12O.C4H7N/c1-2-11-3-5-12(6-4-11)17(14,15)13-7-9-16-10-8-13;1-5-8(6(2)3)7(4)9;1-2-3-4-5/h3-6H,2,7-10H2,1H3;5H,2H2,1,3-4H3;2-4H,1,5H2/b;8-5-;4-3-. The van der Waals surface area contributed by atoms with Gasteiger partial charge in [0.05, 0.1) is 18.1 Å². The van der Waals surface area contributed by atoms with Gasteiger partial charge >= 0.3 is 0 Å². The number of nitrogens with zero attached hydrogens (tertiary/aromatic N) is 1. The summed E-state index contributed by atoms with van der Waals surface area (Å²) in [4.78, 5) is 11.1. The van der Waals surface area contributed by atoms with Crippen LogP contribution in [0.1, 0.15) is 33.3 Å². The highest BCUT2D eigenvalue weighted by Gasteiger charge is 2.25. The fraction of sp³-hybridized carbons (Fsp3) is 0.375. The van der Waals surface area contributed by atoms with Crippen LogP contribution >= 0.6 is 0 Å². The highest BCUT2D eigenvalue weighted by atomic mass is 32.2. The molecule has 0 bridgehead atoms. The molecular formula is C24H36N2O4S. The van der Waals surface area contributed by atoms with Crippen molar-refractivity contribution in [1.29, 1.82) is 0 Å². The Bertz CT molecular complexity index is 847. The zero-order valence-corrected chi connectivity index (χ0v) is 20.0. The second-order valence-corrected chi connectivity index (χ2v) is 8.61. The molecule has 1 heterocycles. The molecular weight excluding hydrogens is 412 g/mol. The zero-order chi connectivity index (χ0) is 23.9. The maximum atomic E-state index is 12.3. The van der Waals surface area contributed by atoms with Gasteiger partial charge in [-0.05, 0) is 62.7 Å². The van der Waals surface area contributed by atoms with Gasteiger partial charge < -0.3 is 10.5 Å². The molecule has 0 radical (unpaired) electrons. The Hall–Kier alpha value is -2.48. The van der Waals surface area contributed by atoms with E-state index in [1.54, 1.807) is 37.3 Å². The normalized spacial score (nSPS) is 14.6. The number of hydrogen-bond acceptors (Lipinski definition) is 5. The van der Waals surface area contributed by atoms with E-state index in [0.717, 1.165) is 23.1 Å². The van der Waals surface area contributed by atoms with E-state index in [2.05, 4.69) is 13.2 Å². The number of ketones is 1. The zero-order valence-electron chi connectivity index (χ0n) is 19.1. The number of allylic oxidation sites excluding steroid dienone is 5. The van der Waals surface area contributed by atoms with Gasteiger partial charge in [0.15, 0.2) is 5.78 Å². The minimum Gasteiger partial charge on any atom is -0.405 e. The van der Waals surface area contributed by atoms with Gasteiger partial charge in [-0.25, -0.2) is 8.42 Å². The molecule has 0 aliphatic carbocycles. The smallest absolute Gasteiger partial charge is 0.243 e. The monoisotopic (exact) mass is 448 g/mol. The molecule has 1 aromatic rings. The first-order chi connectivity index (χ1) is 14.6. The van der Waals surface area contributed by atoms with Crippen molar-refractivity contribution in [3.8, 4) is 0 Å². The van der Waals surface area contributed by atoms with Crippen LogP contribution in [0.2, 0.25) is 0 Å². The summed E-state index contributed by atoms with van der Waals surface area (Å²) >= 11 is 0. The number of carbonyl (C=O) groups excluding carboxylic acids is 1. The minimum atomic E-state index is -3.33. The van der Waals surface area contributed by atoms with Gasteiger partial charge in [0, 0.05) is 18.7 Å². The molecule has 0 aromatic heterocycles. The summed E-state index contributed by atoms with van der Waals surface area (Å²) in [5.41, 5.74) is 7.60. The summed E-state index contributed by atoms with van der Waals surface area (Å²) in [5.74, 6) is 0.0880. The number of rotatable bonds is 6. The molecule has 0 unspecified atom stereocenters. The average Bonchev–Trinajstić information content (AvgIpc) is 2.76. The van der Waals surface area contributed by atoms with E-state index < -0.39 is 10.0 Å². The third-order valence-corrected chi connectivity index (χ3v) is 6.23. The number of nitrogens with two attached hydrogens (primary N) is 1. The summed E-state index contributed by atoms with van der Waals surface area (Å²) < 4.78 is 31.2. The first-order valence-corrected chi connectivity index (χ1v) is 11.6. The number of carbonyl (C=O) groups is 1. The Morgan fingerprint density at radius 1 is 1.19 bits per heavy atom. The molecule has 0 saturated carbocycles. The number of hydrogen-bond donors (Lipinski definition) is 1. The van der Waals surface area contributed by atoms with E-state index >= 15 is 0 Å². The SMILES string of the molecule is C=C(C)/C(=C/C)C(C)=O.C=C/C=C\N.CCc1ccc(S(=O)(=O)N2CCOCC2)cc1. The van der Waals surface area contributed by atoms with Crippen molar-refractivity contribution in [3.63, 3.8) is 0 Å². The molecule has 1 saturated heterocycles. The van der Waals surface area contributed by atoms with Gasteiger partial charge in [-0.3, -0.25) is 4.79 Å². The molecule has 1 fully saturated rings. The van der Waals surface area contributed by atoms with Crippen LogP contribution in [0.25, 0.3) is 0 Å². The summed E-state index contributed by atoms with van der Waals surface area (Å²) in [6.07, 6.45) is 7.43. The lowest BCUT2D eigenvalue weighted by Crippen LogP contribution is -2.40. The maximum absolute atomic E-state index is 12.3. The van der Waals surface area contributed by atoms with Gasteiger partial charge in [0.2, 0.25) is 10.0 Å². The summed E-state index contributed by atoms with van der Waals surface area (Å²) in [7, 11) is -3.33. The van der Waals surface area contributed by atoms with E-state index in [1.807, 2.05) is 32.9 Å². The molecule has 7 heteroatoms. The van der Waals surface area contributed by atoms with Crippen LogP contribution in [0.15, 0.2) is 77.9 Å². The molecule has 1 aliphatic rings. The third-order valence-electron chi connectivity index (χ3n) is 4.31. The quantitative estimate of drug-likeness (QED) is 0.524. The van der Waals surface area contributed by atoms with Gasteiger partial charge in [0.1, 0.15) is 0 Å². The molecule has 0 spiro atoms. The lowest BCUT2D eigenvalue weighted by molar-refractivity contribution is -0.113. The molecule has 31 heavy (non-hydrogen) atoms. The molecule has 0 amide bonds. The predicted molar refractivity (Wildman–Crippen MR) is 128 cm³/mol. The maximum Gasteiger partial charge on any atom is 0.243 e. The Labute approximate surface area is 187 Å². The van der Waals surface area contributed by atoms with E-state index in [0.29, 0.717) is 31.2 Å². The van der Waals surface area contributed by atoms with Crippen molar-refractivity contribution >= 4 is 15.8 Å². The lowest BCUT2D eigenvalue weighted by atomic mass is 10.1. The molecule has 1 aromatic carbocycles. The Kier molecular flexibility index (Phi) is 14.1. The topological polar surface area (TPSA) is 89.7 Å². The molecule has 2 N–H and O–H groups in total. The van der Waals surface area contributed by atoms with Crippen LogP contribution in [0, 0.1) is 0 Å². The second-order valence-electron chi connectivity index (χ2n) is 6.67. The van der Waals surface area contributed by atoms with Crippen LogP contribution in [0.4, 0.5) is 0 Å². The van der Waals surface area contributed by atoms with E-state index in [1.165, 1.54) is 10.5 Å². The average molecular weight is 449 g/mol. The van der Waals surface area contributed by atoms with Crippen LogP contribution in [-0.4, -0.2) is 44.8 Å². The Morgan fingerprint density at radius 2 is 1.74 bits per heavy atom. The highest BCUT2D eigenvalue weighted by Crippen LogP contribution is 2.17. The second kappa shape index (κ2) is 15.3. The van der Waals surface area contributed by atoms with Crippen molar-refractivity contribution in [3.05, 3.63) is 78.6 Å². The number of sulfonamides is 1. The van der Waals surface area contributed by atoms with E-state index in [4.69, 9.17) is 10.5 Å². The molecule has 1 aliphatic heterocycles. The molecule has 0 atom stereocenters. The summed E-state index contributed by atoms with van der Waals surface area (Å²) in [6, 6.07) is 7.11. The number of benzene rings is 1. The minimum absolute atomic E-state index is 0.0880. The van der Waals surface area contributed by atoms with Crippen LogP contribution in [-0.2, 0) is 26.0 Å². The predicted octanol–water partition coefficient (Wildman–Crippen LogP) is 4.01. The first-order valence-electron chi connectivity index (χ1n) is 10.1. The fourth-order valence-corrected chi connectivity index (χ4v) is 4.07. The van der Waals surface area contributed by atoms with Gasteiger partial charge in [-0.1, -0.05) is 44.4 Å². The van der Waals surface area contributed by atoms with Crippen LogP contribution < -0.4 is 5.73 Å². The van der Waals surface area contributed by atoms with Gasteiger partial charge in [0.25, 0.3) is 0 Å². The third kappa shape index (κ3) is 10.4. The molecule has 6 nitrogen and oxygen atoms in total. The van der Waals surface area contributed by atoms with Crippen LogP contribution in [0.3, 0.4) is 0 Å². The lowest BCUT2D eigenvalue weighted by Gasteiger charge is -2.26. The van der Waals surface area contributed by atoms with Gasteiger partial charge in [-0.2, -0.15) is 4.31 Å². The van der Waals surface area contributed by atoms with Crippen molar-refractivity contribution in [2.24, 2.45) is 5.73 Å². The number of Topliss-reactive ketones (excluding diaryl/α,β-unsaturated/α-hetero) is 1. The van der Waals surface area contributed by atoms with E-state index in [9.17, 15) is 13.2 Å². The van der Waals surface area contributed by atoms with Crippen molar-refractivity contribution in [2.75, 3.05) is 26.3 Å². The Morgan fingerprint density at radius 3 is 2.03 bits per heavy atom. The first kappa shape index (κ1) is 28.5. The number of morpholine rings is 1. The fourth-order valence-electron chi connectivity index (χ4n) is 2.66. The summed E-state index contributed by atoms with van der Waals surface area (Å²) in [6.45, 7) is 16.1. The number of ether oxygens (including phenoxy) is 1. The van der Waals surface area contributed by atoms with Crippen molar-refractivity contribution in [2.45, 2.75) is 39.0 Å². The van der Waals surface area contributed by atoms with Crippen molar-refractivity contribution in [1.82, 2.24) is 4.31 Å². The highest BCUT2D eigenvalue weighted by molar-refractivity contribution is 7.89. The Balaban J connectivity index is 0.000000541. The largest absolute Gasteiger partial charge is 0.405 e. The van der Waals surface area contributed by atoms with Crippen molar-refractivity contribution < 1.29 is 17.9 Å². The van der Waals surface area contributed by atoms with Crippen LogP contribution in [0.5, 0.6) is 0 Å². The van der Waals surface area contributed by atoms with Gasteiger partial charge in [-0.15, -0.1) is 0 Å².